The summed E-state index contributed by atoms with van der Waals surface area (Å²) >= 11 is 3.49. The highest BCUT2D eigenvalue weighted by Crippen LogP contribution is 2.29. The highest BCUT2D eigenvalue weighted by atomic mass is 79.9. The Kier molecular flexibility index (Phi) is 6.67. The van der Waals surface area contributed by atoms with Gasteiger partial charge in [-0.3, -0.25) is 9.59 Å². The maximum Gasteiger partial charge on any atom is 0.282 e. The van der Waals surface area contributed by atoms with Gasteiger partial charge in [-0.1, -0.05) is 46.3 Å². The fourth-order valence-electron chi connectivity index (χ4n) is 5.03. The zero-order chi connectivity index (χ0) is 29.5. The van der Waals surface area contributed by atoms with Gasteiger partial charge in [-0.2, -0.15) is 9.78 Å². The van der Waals surface area contributed by atoms with E-state index in [1.165, 1.54) is 28.9 Å². The van der Waals surface area contributed by atoms with Gasteiger partial charge in [0.05, 0.1) is 17.1 Å². The summed E-state index contributed by atoms with van der Waals surface area (Å²) in [5.41, 5.74) is 2.84. The molecule has 0 bridgehead atoms. The van der Waals surface area contributed by atoms with Crippen molar-refractivity contribution in [3.8, 4) is 11.6 Å². The third kappa shape index (κ3) is 5.13. The van der Waals surface area contributed by atoms with Crippen LogP contribution in [-0.2, 0) is 11.3 Å². The molecule has 3 heterocycles. The van der Waals surface area contributed by atoms with Crippen molar-refractivity contribution in [1.82, 2.24) is 14.2 Å². The Hall–Kier alpha value is -5.35. The molecule has 3 aromatic heterocycles. The average Bonchev–Trinajstić information content (AvgIpc) is 3.59. The molecular weight excluding hydrogens is 613 g/mol. The number of nitrogens with one attached hydrogen (secondary N) is 1. The number of fused-ring (bicyclic) bond motifs is 3. The molecule has 1 amide bonds. The van der Waals surface area contributed by atoms with Crippen LogP contribution in [-0.4, -0.2) is 26.3 Å². The molecule has 0 saturated carbocycles. The lowest BCUT2D eigenvalue weighted by Crippen LogP contribution is -2.20. The van der Waals surface area contributed by atoms with Crippen molar-refractivity contribution < 1.29 is 13.6 Å². The minimum atomic E-state index is -0.379. The molecule has 0 aliphatic rings. The van der Waals surface area contributed by atoms with Crippen LogP contribution in [0.5, 0.6) is 0 Å². The number of para-hydroxylation sites is 2. The van der Waals surface area contributed by atoms with Gasteiger partial charge in [0.1, 0.15) is 17.9 Å². The lowest BCUT2D eigenvalue weighted by atomic mass is 10.2. The maximum atomic E-state index is 13.7. The Bertz CT molecular complexity index is 2270. The lowest BCUT2D eigenvalue weighted by Gasteiger charge is -2.07. The van der Waals surface area contributed by atoms with Crippen molar-refractivity contribution in [2.45, 2.75) is 6.54 Å². The van der Waals surface area contributed by atoms with Crippen LogP contribution in [0.25, 0.3) is 44.4 Å². The number of anilines is 1. The first-order valence-electron chi connectivity index (χ1n) is 13.3. The topological polar surface area (TPSA) is 94.4 Å². The summed E-state index contributed by atoms with van der Waals surface area (Å²) in [4.78, 5) is 31.3. The molecule has 0 unspecified atom stereocenters. The van der Waals surface area contributed by atoms with Crippen molar-refractivity contribution in [2.75, 3.05) is 5.32 Å². The zero-order valence-corrected chi connectivity index (χ0v) is 24.0. The monoisotopic (exact) mass is 633 g/mol. The second kappa shape index (κ2) is 10.8. The molecule has 0 saturated heterocycles. The molecule has 210 valence electrons. The van der Waals surface area contributed by atoms with Crippen molar-refractivity contribution in [2.24, 2.45) is 5.10 Å². The van der Waals surface area contributed by atoms with Crippen LogP contribution >= 0.6 is 15.9 Å². The van der Waals surface area contributed by atoms with E-state index >= 15 is 0 Å². The summed E-state index contributed by atoms with van der Waals surface area (Å²) in [6, 6.07) is 27.8. The standard InChI is InChI=1S/C33H21BrFN5O3/c34-22-9-14-29-20(15-22)16-30(43-29)32-38-27-7-3-1-6-26(27)33(42)40(32)36-17-21-18-39(28-8-4-2-5-25(21)28)19-31(41)37-24-12-10-23(35)11-13-24/h1-18H,19H2,(H,37,41). The Labute approximate surface area is 251 Å². The molecule has 1 N–H and O–H groups in total. The van der Waals surface area contributed by atoms with E-state index < -0.39 is 0 Å². The first-order valence-corrected chi connectivity index (χ1v) is 14.1. The van der Waals surface area contributed by atoms with Crippen LogP contribution < -0.4 is 10.9 Å². The number of hydrogen-bond acceptors (Lipinski definition) is 5. The third-order valence-electron chi connectivity index (χ3n) is 7.03. The Morgan fingerprint density at radius 2 is 1.74 bits per heavy atom. The summed E-state index contributed by atoms with van der Waals surface area (Å²) in [5, 5.41) is 9.51. The van der Waals surface area contributed by atoms with E-state index in [-0.39, 0.29) is 29.7 Å². The second-order valence-electron chi connectivity index (χ2n) is 9.89. The van der Waals surface area contributed by atoms with Gasteiger partial charge < -0.3 is 14.3 Å². The Balaban J connectivity index is 1.29. The highest BCUT2D eigenvalue weighted by molar-refractivity contribution is 9.10. The molecule has 7 rings (SSSR count). The maximum absolute atomic E-state index is 13.7. The Morgan fingerprint density at radius 3 is 2.58 bits per heavy atom. The minimum absolute atomic E-state index is 0.0169. The van der Waals surface area contributed by atoms with E-state index in [1.807, 2.05) is 54.6 Å². The fourth-order valence-corrected chi connectivity index (χ4v) is 5.41. The zero-order valence-electron chi connectivity index (χ0n) is 22.4. The number of rotatable bonds is 6. The van der Waals surface area contributed by atoms with E-state index in [4.69, 9.17) is 9.40 Å². The lowest BCUT2D eigenvalue weighted by molar-refractivity contribution is -0.116. The summed E-state index contributed by atoms with van der Waals surface area (Å²) in [7, 11) is 0. The predicted octanol–water partition coefficient (Wildman–Crippen LogP) is 7.19. The largest absolute Gasteiger partial charge is 0.453 e. The fraction of sp³-hybridized carbons (Fsp3) is 0.0303. The highest BCUT2D eigenvalue weighted by Gasteiger charge is 2.17. The number of aromatic nitrogens is 3. The average molecular weight is 634 g/mol. The van der Waals surface area contributed by atoms with Gasteiger partial charge in [-0.15, -0.1) is 0 Å². The van der Waals surface area contributed by atoms with Gasteiger partial charge >= 0.3 is 0 Å². The van der Waals surface area contributed by atoms with Crippen LogP contribution in [0.2, 0.25) is 0 Å². The smallest absolute Gasteiger partial charge is 0.282 e. The van der Waals surface area contributed by atoms with Crippen LogP contribution in [0, 0.1) is 5.82 Å². The normalized spacial score (nSPS) is 11.7. The first kappa shape index (κ1) is 26.5. The van der Waals surface area contributed by atoms with Gasteiger partial charge in [0.15, 0.2) is 5.76 Å². The molecule has 8 nitrogen and oxygen atoms in total. The number of nitrogens with zero attached hydrogens (tertiary/aromatic N) is 4. The van der Waals surface area contributed by atoms with Crippen LogP contribution in [0.15, 0.2) is 122 Å². The van der Waals surface area contributed by atoms with Gasteiger partial charge in [0, 0.05) is 38.2 Å². The van der Waals surface area contributed by atoms with Gasteiger partial charge in [-0.05, 0) is 66.7 Å². The van der Waals surface area contributed by atoms with Crippen molar-refractivity contribution in [3.05, 3.63) is 129 Å². The molecule has 0 atom stereocenters. The molecule has 4 aromatic carbocycles. The number of amides is 1. The molecule has 43 heavy (non-hydrogen) atoms. The number of carbonyl (C=O) groups is 1. The molecule has 0 aliphatic carbocycles. The predicted molar refractivity (Wildman–Crippen MR) is 169 cm³/mol. The summed E-state index contributed by atoms with van der Waals surface area (Å²) in [6.45, 7) is 0.0169. The SMILES string of the molecule is O=C(Cn1cc(C=Nn2c(-c3cc4cc(Br)ccc4o3)nc3ccccc3c2=O)c2ccccc21)Nc1ccc(F)cc1. The molecule has 7 aromatic rings. The van der Waals surface area contributed by atoms with Crippen molar-refractivity contribution in [1.29, 1.82) is 0 Å². The van der Waals surface area contributed by atoms with E-state index in [9.17, 15) is 14.0 Å². The van der Waals surface area contributed by atoms with Crippen LogP contribution in [0.3, 0.4) is 0 Å². The van der Waals surface area contributed by atoms with E-state index in [2.05, 4.69) is 26.3 Å². The van der Waals surface area contributed by atoms with Crippen molar-refractivity contribution >= 4 is 66.5 Å². The van der Waals surface area contributed by atoms with Gasteiger partial charge in [0.25, 0.3) is 5.56 Å². The molecular formula is C33H21BrFN5O3. The molecule has 0 spiro atoms. The first-order chi connectivity index (χ1) is 20.9. The molecule has 0 aliphatic heterocycles. The Morgan fingerprint density at radius 1 is 0.977 bits per heavy atom. The van der Waals surface area contributed by atoms with Gasteiger partial charge in [0.2, 0.25) is 11.7 Å². The number of carbonyl (C=O) groups excluding carboxylic acids is 1. The van der Waals surface area contributed by atoms with Crippen LogP contribution in [0.4, 0.5) is 10.1 Å². The number of furan rings is 1. The summed E-state index contributed by atoms with van der Waals surface area (Å²) in [5.74, 6) is 0.00268. The van der Waals surface area contributed by atoms with Crippen LogP contribution in [0.1, 0.15) is 5.56 Å². The summed E-state index contributed by atoms with van der Waals surface area (Å²) < 4.78 is 23.3. The third-order valence-corrected chi connectivity index (χ3v) is 7.52. The minimum Gasteiger partial charge on any atom is -0.453 e. The summed E-state index contributed by atoms with van der Waals surface area (Å²) in [6.07, 6.45) is 3.38. The van der Waals surface area contributed by atoms with Crippen molar-refractivity contribution in [3.63, 3.8) is 0 Å². The quantitative estimate of drug-likeness (QED) is 0.196. The van der Waals surface area contributed by atoms with E-state index in [0.717, 1.165) is 20.8 Å². The molecule has 10 heteroatoms. The second-order valence-corrected chi connectivity index (χ2v) is 10.8. The van der Waals surface area contributed by atoms with Gasteiger partial charge in [-0.25, -0.2) is 9.37 Å². The van der Waals surface area contributed by atoms with E-state index in [0.29, 0.717) is 33.5 Å². The number of benzene rings is 4. The molecule has 0 radical (unpaired) electrons. The molecule has 0 fully saturated rings. The number of halogens is 2. The van der Waals surface area contributed by atoms with E-state index in [1.54, 1.807) is 35.2 Å². The number of hydrogen-bond donors (Lipinski definition) is 1.